The van der Waals surface area contributed by atoms with Crippen molar-refractivity contribution in [2.45, 2.75) is 5.41 Å². The van der Waals surface area contributed by atoms with Crippen molar-refractivity contribution in [1.29, 1.82) is 0 Å². The number of hydrogen-bond donors (Lipinski definition) is 0. The second kappa shape index (κ2) is 10.2. The molecule has 3 heteroatoms. The lowest BCUT2D eigenvalue weighted by Crippen LogP contribution is -2.32. The second-order valence-electron chi connectivity index (χ2n) is 13.2. The normalized spacial score (nSPS) is 15.4. The minimum atomic E-state index is -0.590. The van der Waals surface area contributed by atoms with E-state index in [4.69, 9.17) is 9.15 Å². The van der Waals surface area contributed by atoms with Crippen LogP contribution in [-0.2, 0) is 5.41 Å². The van der Waals surface area contributed by atoms with Crippen LogP contribution in [0.1, 0.15) is 22.3 Å². The summed E-state index contributed by atoms with van der Waals surface area (Å²) in [4.78, 5) is 2.38. The van der Waals surface area contributed by atoms with Crippen LogP contribution in [0.5, 0.6) is 11.5 Å². The van der Waals surface area contributed by atoms with Crippen molar-refractivity contribution in [3.8, 4) is 22.6 Å². The Hall–Kier alpha value is -6.58. The van der Waals surface area contributed by atoms with Gasteiger partial charge in [0.15, 0.2) is 0 Å². The van der Waals surface area contributed by atoms with Gasteiger partial charge in [0.2, 0.25) is 0 Å². The molecule has 234 valence electrons. The molecular weight excluding hydrogens is 611 g/mol. The summed E-state index contributed by atoms with van der Waals surface area (Å²) in [6.45, 7) is 0. The average Bonchev–Trinajstić information content (AvgIpc) is 3.70. The predicted molar refractivity (Wildman–Crippen MR) is 203 cm³/mol. The number of anilines is 3. The average molecular weight is 640 g/mol. The van der Waals surface area contributed by atoms with Crippen LogP contribution >= 0.6 is 0 Å². The lowest BCUT2D eigenvalue weighted by molar-refractivity contribution is 0.441. The predicted octanol–water partition coefficient (Wildman–Crippen LogP) is 12.7. The zero-order chi connectivity index (χ0) is 32.8. The van der Waals surface area contributed by atoms with Crippen LogP contribution in [0.2, 0.25) is 0 Å². The molecule has 0 saturated heterocycles. The second-order valence-corrected chi connectivity index (χ2v) is 13.2. The van der Waals surface area contributed by atoms with Crippen molar-refractivity contribution in [3.63, 3.8) is 0 Å². The molecule has 0 bridgehead atoms. The Kier molecular flexibility index (Phi) is 5.59. The van der Waals surface area contributed by atoms with Crippen LogP contribution in [0.4, 0.5) is 17.1 Å². The van der Waals surface area contributed by atoms with E-state index in [1.807, 2.05) is 12.1 Å². The van der Waals surface area contributed by atoms with Gasteiger partial charge in [-0.25, -0.2) is 0 Å². The number of fused-ring (bicyclic) bond motifs is 14. The molecule has 50 heavy (non-hydrogen) atoms. The highest BCUT2D eigenvalue weighted by molar-refractivity contribution is 6.13. The number of rotatable bonds is 3. The van der Waals surface area contributed by atoms with Gasteiger partial charge in [0.25, 0.3) is 0 Å². The van der Waals surface area contributed by atoms with Crippen LogP contribution in [-0.4, -0.2) is 0 Å². The maximum absolute atomic E-state index is 6.88. The molecule has 1 atom stereocenters. The van der Waals surface area contributed by atoms with E-state index < -0.39 is 5.41 Å². The summed E-state index contributed by atoms with van der Waals surface area (Å²) in [5.41, 5.74) is 11.7. The Balaban J connectivity index is 1.25. The van der Waals surface area contributed by atoms with Crippen molar-refractivity contribution in [3.05, 3.63) is 198 Å². The topological polar surface area (TPSA) is 25.6 Å². The van der Waals surface area contributed by atoms with Gasteiger partial charge in [-0.1, -0.05) is 127 Å². The summed E-state index contributed by atoms with van der Waals surface area (Å²) in [5, 5.41) is 4.48. The van der Waals surface area contributed by atoms with E-state index in [-0.39, 0.29) is 0 Å². The fourth-order valence-corrected chi connectivity index (χ4v) is 8.70. The summed E-state index contributed by atoms with van der Waals surface area (Å²) >= 11 is 0. The fourth-order valence-electron chi connectivity index (χ4n) is 8.70. The van der Waals surface area contributed by atoms with Crippen LogP contribution in [0, 0.1) is 0 Å². The molecule has 0 saturated carbocycles. The highest BCUT2D eigenvalue weighted by atomic mass is 16.5. The highest BCUT2D eigenvalue weighted by Crippen LogP contribution is 2.63. The van der Waals surface area contributed by atoms with Gasteiger partial charge in [0.05, 0.1) is 16.5 Å². The molecule has 1 unspecified atom stereocenters. The Morgan fingerprint density at radius 3 is 2.08 bits per heavy atom. The number of hydrogen-bond acceptors (Lipinski definition) is 3. The van der Waals surface area contributed by atoms with Crippen molar-refractivity contribution < 1.29 is 9.15 Å². The molecule has 3 nitrogen and oxygen atoms in total. The van der Waals surface area contributed by atoms with Gasteiger partial charge in [-0.2, -0.15) is 0 Å². The maximum atomic E-state index is 6.88. The zero-order valence-corrected chi connectivity index (χ0v) is 27.0. The van der Waals surface area contributed by atoms with Crippen molar-refractivity contribution in [1.82, 2.24) is 0 Å². The third kappa shape index (κ3) is 3.58. The van der Waals surface area contributed by atoms with Gasteiger partial charge < -0.3 is 14.1 Å². The van der Waals surface area contributed by atoms with E-state index in [1.54, 1.807) is 0 Å². The van der Waals surface area contributed by atoms with Gasteiger partial charge in [-0.3, -0.25) is 0 Å². The SMILES string of the molecule is c1ccc(N(c2ccc3c(c2)C2(c4ccccc4Oc4c2ccc2ccccc42)c2ccccc2-3)c2cccc3oc4ccccc4c23)cc1. The molecule has 0 fully saturated rings. The highest BCUT2D eigenvalue weighted by Gasteiger charge is 2.51. The largest absolute Gasteiger partial charge is 0.456 e. The number of para-hydroxylation sites is 3. The Morgan fingerprint density at radius 2 is 1.16 bits per heavy atom. The van der Waals surface area contributed by atoms with Gasteiger partial charge in [-0.05, 0) is 76.2 Å². The van der Waals surface area contributed by atoms with Gasteiger partial charge in [-0.15, -0.1) is 0 Å². The zero-order valence-electron chi connectivity index (χ0n) is 27.0. The summed E-state index contributed by atoms with van der Waals surface area (Å²) in [5.74, 6) is 1.81. The molecule has 0 radical (unpaired) electrons. The van der Waals surface area contributed by atoms with Crippen LogP contribution < -0.4 is 9.64 Å². The van der Waals surface area contributed by atoms with E-state index in [1.165, 1.54) is 22.3 Å². The third-order valence-corrected chi connectivity index (χ3v) is 10.7. The molecule has 1 spiro atoms. The fraction of sp³-hybridized carbons (Fsp3) is 0.0213. The van der Waals surface area contributed by atoms with E-state index in [9.17, 15) is 0 Å². The summed E-state index contributed by atoms with van der Waals surface area (Å²) in [6, 6.07) is 62.9. The van der Waals surface area contributed by atoms with Crippen molar-refractivity contribution in [2.75, 3.05) is 4.90 Å². The molecule has 8 aromatic carbocycles. The Morgan fingerprint density at radius 1 is 0.440 bits per heavy atom. The standard InChI is InChI=1S/C47H29NO2/c1-2-14-31(15-3-1)48(41-21-12-24-44-45(41)36-18-7-10-22-42(36)49-44)32-26-27-35-34-17-6-8-19-37(34)47(40(35)29-32)38-20-9-11-23-43(38)50-46-33-16-5-4-13-30(33)25-28-39(46)47/h1-29H. The van der Waals surface area contributed by atoms with Crippen LogP contribution in [0.25, 0.3) is 43.8 Å². The lowest BCUT2D eigenvalue weighted by atomic mass is 9.65. The quantitative estimate of drug-likeness (QED) is 0.192. The molecule has 0 amide bonds. The number of nitrogens with zero attached hydrogens (tertiary/aromatic N) is 1. The van der Waals surface area contributed by atoms with Crippen molar-refractivity contribution >= 4 is 49.8 Å². The molecule has 1 aliphatic carbocycles. The van der Waals surface area contributed by atoms with E-state index in [0.29, 0.717) is 0 Å². The van der Waals surface area contributed by atoms with Crippen molar-refractivity contribution in [2.24, 2.45) is 0 Å². The van der Waals surface area contributed by atoms with Gasteiger partial charge in [0, 0.05) is 33.3 Å². The molecule has 2 aliphatic rings. The number of benzene rings is 8. The van der Waals surface area contributed by atoms with Crippen LogP contribution in [0.3, 0.4) is 0 Å². The first-order valence-corrected chi connectivity index (χ1v) is 17.1. The monoisotopic (exact) mass is 639 g/mol. The molecule has 11 rings (SSSR count). The van der Waals surface area contributed by atoms with Gasteiger partial charge >= 0.3 is 0 Å². The molecular formula is C47H29NO2. The smallest absolute Gasteiger partial charge is 0.140 e. The summed E-state index contributed by atoms with van der Waals surface area (Å²) in [6.07, 6.45) is 0. The summed E-state index contributed by atoms with van der Waals surface area (Å²) in [7, 11) is 0. The Labute approximate surface area is 289 Å². The summed E-state index contributed by atoms with van der Waals surface area (Å²) < 4.78 is 13.3. The first-order chi connectivity index (χ1) is 24.8. The Bertz CT molecular complexity index is 2810. The minimum Gasteiger partial charge on any atom is -0.456 e. The number of ether oxygens (including phenoxy) is 1. The van der Waals surface area contributed by atoms with Gasteiger partial charge in [0.1, 0.15) is 22.7 Å². The van der Waals surface area contributed by atoms with E-state index >= 15 is 0 Å². The lowest BCUT2D eigenvalue weighted by Gasteiger charge is -2.40. The number of furan rings is 1. The third-order valence-electron chi connectivity index (χ3n) is 10.7. The molecule has 2 heterocycles. The molecule has 1 aliphatic heterocycles. The minimum absolute atomic E-state index is 0.590. The first kappa shape index (κ1) is 27.4. The first-order valence-electron chi connectivity index (χ1n) is 17.1. The maximum Gasteiger partial charge on any atom is 0.140 e. The molecule has 1 aromatic heterocycles. The molecule has 0 N–H and O–H groups in total. The van der Waals surface area contributed by atoms with Crippen LogP contribution in [0.15, 0.2) is 180 Å². The molecule has 9 aromatic rings. The van der Waals surface area contributed by atoms with E-state index in [0.717, 1.165) is 72.4 Å². The van der Waals surface area contributed by atoms with E-state index in [2.05, 4.69) is 169 Å².